The average molecular weight is 413 g/mol. The summed E-state index contributed by atoms with van der Waals surface area (Å²) in [6, 6.07) is 7.35. The van der Waals surface area contributed by atoms with Crippen molar-refractivity contribution in [1.29, 1.82) is 0 Å². The summed E-state index contributed by atoms with van der Waals surface area (Å²) in [5.41, 5.74) is -5.50. The molecule has 0 aliphatic heterocycles. The zero-order chi connectivity index (χ0) is 18.7. The Balaban J connectivity index is 2.25. The normalized spacial score (nSPS) is 12.9. The van der Waals surface area contributed by atoms with E-state index in [1.165, 1.54) is 35.1 Å². The minimum absolute atomic E-state index is 0.0755. The van der Waals surface area contributed by atoms with Crippen LogP contribution in [-0.4, -0.2) is 19.6 Å². The second-order valence-corrected chi connectivity index (χ2v) is 7.91. The Hall–Kier alpha value is -1.78. The quantitative estimate of drug-likeness (QED) is 0.556. The minimum atomic E-state index is -5.56. The fourth-order valence-corrected chi connectivity index (χ4v) is 3.11. The molecule has 0 aliphatic carbocycles. The van der Waals surface area contributed by atoms with Crippen LogP contribution < -0.4 is 4.72 Å². The number of oxime groups is 1. The third kappa shape index (κ3) is 5.10. The first kappa shape index (κ1) is 19.5. The molecule has 5 nitrogen and oxygen atoms in total. The van der Waals surface area contributed by atoms with Crippen molar-refractivity contribution in [1.82, 2.24) is 0 Å². The van der Waals surface area contributed by atoms with Crippen LogP contribution in [0.15, 0.2) is 40.9 Å². The van der Waals surface area contributed by atoms with Gasteiger partial charge in [0.25, 0.3) is 0 Å². The van der Waals surface area contributed by atoms with Gasteiger partial charge in [0.15, 0.2) is 6.61 Å². The molecule has 0 unspecified atom stereocenters. The van der Waals surface area contributed by atoms with Gasteiger partial charge in [-0.05, 0) is 36.6 Å². The molecule has 0 radical (unpaired) electrons. The second-order valence-electron chi connectivity index (χ2n) is 4.77. The summed E-state index contributed by atoms with van der Waals surface area (Å²) in [5, 5.41) is 5.88. The van der Waals surface area contributed by atoms with Crippen molar-refractivity contribution >= 4 is 44.4 Å². The van der Waals surface area contributed by atoms with Crippen LogP contribution in [0.2, 0.25) is 5.02 Å². The van der Waals surface area contributed by atoms with Gasteiger partial charge in [-0.3, -0.25) is 4.72 Å². The molecule has 0 saturated carbocycles. The smallest absolute Gasteiger partial charge is 0.390 e. The number of hydrogen-bond acceptors (Lipinski definition) is 5. The molecule has 25 heavy (non-hydrogen) atoms. The van der Waals surface area contributed by atoms with Crippen molar-refractivity contribution in [2.45, 2.75) is 19.0 Å². The van der Waals surface area contributed by atoms with E-state index in [0.29, 0.717) is 0 Å². The van der Waals surface area contributed by atoms with Crippen LogP contribution in [0.3, 0.4) is 0 Å². The van der Waals surface area contributed by atoms with E-state index in [9.17, 15) is 21.6 Å². The van der Waals surface area contributed by atoms with E-state index in [-0.39, 0.29) is 28.6 Å². The van der Waals surface area contributed by atoms with Crippen LogP contribution in [0.4, 0.5) is 18.9 Å². The minimum Gasteiger partial charge on any atom is -0.390 e. The topological polar surface area (TPSA) is 67.8 Å². The summed E-state index contributed by atoms with van der Waals surface area (Å²) in [5.74, 6) is 0. The predicted molar refractivity (Wildman–Crippen MR) is 91.4 cm³/mol. The second kappa shape index (κ2) is 7.63. The molecule has 0 atom stereocenters. The predicted octanol–water partition coefficient (Wildman–Crippen LogP) is 4.60. The van der Waals surface area contributed by atoms with Crippen LogP contribution in [-0.2, 0) is 21.5 Å². The molecular weight excluding hydrogens is 401 g/mol. The summed E-state index contributed by atoms with van der Waals surface area (Å²) in [7, 11) is -5.56. The number of hydrogen-bond donors (Lipinski definition) is 1. The summed E-state index contributed by atoms with van der Waals surface area (Å²) in [4.78, 5) is 6.05. The van der Waals surface area contributed by atoms with Crippen LogP contribution in [0.5, 0.6) is 0 Å². The number of thiophene rings is 1. The summed E-state index contributed by atoms with van der Waals surface area (Å²) >= 11 is 7.30. The van der Waals surface area contributed by atoms with Gasteiger partial charge in [-0.2, -0.15) is 21.6 Å². The molecule has 0 fully saturated rings. The summed E-state index contributed by atoms with van der Waals surface area (Å²) in [6.45, 7) is 1.64. The molecule has 1 N–H and O–H groups in total. The third-order valence-electron chi connectivity index (χ3n) is 2.91. The number of alkyl halides is 3. The first-order valence-electron chi connectivity index (χ1n) is 6.68. The van der Waals surface area contributed by atoms with E-state index in [2.05, 4.69) is 5.16 Å². The SMILES string of the molecule is CC(=NOCc1cccs1)c1cc(Cl)ccc1NS(=O)(=O)C(F)(F)F. The number of nitrogens with one attached hydrogen (secondary N) is 1. The number of benzene rings is 1. The van der Waals surface area contributed by atoms with Crippen LogP contribution in [0.25, 0.3) is 0 Å². The van der Waals surface area contributed by atoms with E-state index >= 15 is 0 Å². The molecule has 0 amide bonds. The Morgan fingerprint density at radius 3 is 2.68 bits per heavy atom. The third-order valence-corrected chi connectivity index (χ3v) is 5.09. The Bertz CT molecular complexity index is 866. The van der Waals surface area contributed by atoms with Gasteiger partial charge in [-0.1, -0.05) is 22.8 Å². The number of halogens is 4. The zero-order valence-electron chi connectivity index (χ0n) is 12.7. The highest BCUT2D eigenvalue weighted by Crippen LogP contribution is 2.29. The van der Waals surface area contributed by atoms with Crippen molar-refractivity contribution in [3.8, 4) is 0 Å². The summed E-state index contributed by atoms with van der Waals surface area (Å²) < 4.78 is 61.8. The lowest BCUT2D eigenvalue weighted by molar-refractivity contribution is -0.0429. The van der Waals surface area contributed by atoms with Crippen molar-refractivity contribution < 1.29 is 26.4 Å². The van der Waals surface area contributed by atoms with Crippen molar-refractivity contribution in [2.24, 2.45) is 5.16 Å². The monoisotopic (exact) mass is 412 g/mol. The molecular formula is C14H12ClF3N2O3S2. The van der Waals surface area contributed by atoms with Gasteiger partial charge in [-0.15, -0.1) is 11.3 Å². The Labute approximate surface area is 151 Å². The molecule has 11 heteroatoms. The van der Waals surface area contributed by atoms with Gasteiger partial charge in [0, 0.05) is 15.5 Å². The molecule has 2 aromatic rings. The molecule has 1 aromatic heterocycles. The zero-order valence-corrected chi connectivity index (χ0v) is 15.1. The van der Waals surface area contributed by atoms with Crippen LogP contribution >= 0.6 is 22.9 Å². The maximum Gasteiger partial charge on any atom is 0.516 e. The van der Waals surface area contributed by atoms with E-state index in [4.69, 9.17) is 16.4 Å². The Kier molecular flexibility index (Phi) is 5.96. The summed E-state index contributed by atoms with van der Waals surface area (Å²) in [6.07, 6.45) is 0. The van der Waals surface area contributed by atoms with Crippen LogP contribution in [0.1, 0.15) is 17.4 Å². The van der Waals surface area contributed by atoms with Crippen LogP contribution in [0, 0.1) is 0 Å². The van der Waals surface area contributed by atoms with Gasteiger partial charge < -0.3 is 4.84 Å². The van der Waals surface area contributed by atoms with Crippen molar-refractivity contribution in [3.05, 3.63) is 51.2 Å². The first-order chi connectivity index (χ1) is 11.6. The van der Waals surface area contributed by atoms with Gasteiger partial charge in [0.1, 0.15) is 0 Å². The maximum absolute atomic E-state index is 12.6. The lowest BCUT2D eigenvalue weighted by atomic mass is 10.1. The Morgan fingerprint density at radius 2 is 2.08 bits per heavy atom. The number of nitrogens with zero attached hydrogens (tertiary/aromatic N) is 1. The fourth-order valence-electron chi connectivity index (χ4n) is 1.74. The fraction of sp³-hybridized carbons (Fsp3) is 0.214. The molecule has 136 valence electrons. The van der Waals surface area contributed by atoms with E-state index in [1.807, 2.05) is 17.5 Å². The number of anilines is 1. The number of sulfonamides is 1. The standard InChI is InChI=1S/C14H12ClF3N2O3S2/c1-9(19-23-8-11-3-2-6-24-11)12-7-10(15)4-5-13(12)20-25(21,22)14(16,17)18/h2-7,20H,8H2,1H3. The first-order valence-corrected chi connectivity index (χ1v) is 9.42. The average Bonchev–Trinajstić information content (AvgIpc) is 3.01. The highest BCUT2D eigenvalue weighted by atomic mass is 35.5. The molecule has 0 aliphatic rings. The highest BCUT2D eigenvalue weighted by Gasteiger charge is 2.46. The van der Waals surface area contributed by atoms with Gasteiger partial charge >= 0.3 is 15.5 Å². The molecule has 0 bridgehead atoms. The lowest BCUT2D eigenvalue weighted by Gasteiger charge is -2.14. The number of rotatable bonds is 6. The van der Waals surface area contributed by atoms with Crippen molar-refractivity contribution in [2.75, 3.05) is 4.72 Å². The molecule has 0 spiro atoms. The van der Waals surface area contributed by atoms with Gasteiger partial charge in [0.05, 0.1) is 11.4 Å². The lowest BCUT2D eigenvalue weighted by Crippen LogP contribution is -2.30. The molecule has 2 rings (SSSR count). The molecule has 0 saturated heterocycles. The maximum atomic E-state index is 12.6. The molecule has 1 heterocycles. The highest BCUT2D eigenvalue weighted by molar-refractivity contribution is 7.93. The van der Waals surface area contributed by atoms with Crippen molar-refractivity contribution in [3.63, 3.8) is 0 Å². The van der Waals surface area contributed by atoms with E-state index in [1.54, 1.807) is 0 Å². The van der Waals surface area contributed by atoms with E-state index in [0.717, 1.165) is 10.9 Å². The van der Waals surface area contributed by atoms with Gasteiger partial charge in [-0.25, -0.2) is 0 Å². The molecule has 1 aromatic carbocycles. The Morgan fingerprint density at radius 1 is 1.36 bits per heavy atom. The van der Waals surface area contributed by atoms with E-state index < -0.39 is 15.5 Å². The van der Waals surface area contributed by atoms with Gasteiger partial charge in [0.2, 0.25) is 0 Å². The largest absolute Gasteiger partial charge is 0.516 e.